The van der Waals surface area contributed by atoms with E-state index in [-0.39, 0.29) is 22.8 Å². The smallest absolute Gasteiger partial charge is 0.416 e. The van der Waals surface area contributed by atoms with Gasteiger partial charge in [-0.3, -0.25) is 0 Å². The number of alkyl halides is 6. The van der Waals surface area contributed by atoms with Crippen LogP contribution in [-0.4, -0.2) is 11.1 Å². The van der Waals surface area contributed by atoms with E-state index in [0.717, 1.165) is 6.08 Å². The summed E-state index contributed by atoms with van der Waals surface area (Å²) in [4.78, 5) is 10.8. The zero-order valence-electron chi connectivity index (χ0n) is 13.2. The Kier molecular flexibility index (Phi) is 5.31. The zero-order chi connectivity index (χ0) is 20.4. The first kappa shape index (κ1) is 20.0. The van der Waals surface area contributed by atoms with Crippen LogP contribution in [0.3, 0.4) is 0 Å². The lowest BCUT2D eigenvalue weighted by Crippen LogP contribution is -2.11. The second kappa shape index (κ2) is 7.15. The molecule has 2 aromatic rings. The molecule has 1 N–H and O–H groups in total. The lowest BCUT2D eigenvalue weighted by molar-refractivity contribution is -0.143. The normalized spacial score (nSPS) is 12.6. The van der Waals surface area contributed by atoms with Gasteiger partial charge in [0.25, 0.3) is 0 Å². The summed E-state index contributed by atoms with van der Waals surface area (Å²) >= 11 is 0. The van der Waals surface area contributed by atoms with Crippen LogP contribution in [0.5, 0.6) is 0 Å². The first-order valence-corrected chi connectivity index (χ1v) is 7.17. The number of hydrogen-bond donors (Lipinski definition) is 1. The highest BCUT2D eigenvalue weighted by Crippen LogP contribution is 2.38. The second-order valence-corrected chi connectivity index (χ2v) is 5.39. The average molecular weight is 385 g/mol. The van der Waals surface area contributed by atoms with Gasteiger partial charge in [0, 0.05) is 0 Å². The molecule has 0 fully saturated rings. The van der Waals surface area contributed by atoms with Crippen molar-refractivity contribution in [2.45, 2.75) is 12.4 Å². The zero-order valence-corrected chi connectivity index (χ0v) is 13.2. The average Bonchev–Trinajstić information content (AvgIpc) is 2.58. The SMILES string of the molecule is N#C/C(=C\c1ccc(-c2cc(C(F)(F)F)cc(C(F)(F)F)c2)cc1)C(=O)O. The summed E-state index contributed by atoms with van der Waals surface area (Å²) in [5, 5.41) is 17.5. The van der Waals surface area contributed by atoms with Crippen LogP contribution in [0.15, 0.2) is 48.0 Å². The molecule has 27 heavy (non-hydrogen) atoms. The topological polar surface area (TPSA) is 61.1 Å². The number of nitriles is 1. The van der Waals surface area contributed by atoms with Crippen molar-refractivity contribution in [1.29, 1.82) is 5.26 Å². The Morgan fingerprint density at radius 3 is 1.74 bits per heavy atom. The van der Waals surface area contributed by atoms with Crippen LogP contribution < -0.4 is 0 Å². The fraction of sp³-hybridized carbons (Fsp3) is 0.111. The van der Waals surface area contributed by atoms with Crippen LogP contribution in [-0.2, 0) is 17.1 Å². The third kappa shape index (κ3) is 4.88. The van der Waals surface area contributed by atoms with Gasteiger partial charge in [0.15, 0.2) is 0 Å². The van der Waals surface area contributed by atoms with Crippen LogP contribution >= 0.6 is 0 Å². The Balaban J connectivity index is 2.52. The van der Waals surface area contributed by atoms with Crippen molar-refractivity contribution >= 4 is 12.0 Å². The summed E-state index contributed by atoms with van der Waals surface area (Å²) in [5.74, 6) is -1.46. The van der Waals surface area contributed by atoms with E-state index < -0.39 is 35.0 Å². The van der Waals surface area contributed by atoms with Crippen molar-refractivity contribution in [2.75, 3.05) is 0 Å². The molecule has 0 radical (unpaired) electrons. The number of aliphatic carboxylic acids is 1. The molecule has 9 heteroatoms. The largest absolute Gasteiger partial charge is 0.477 e. The molecule has 0 aliphatic rings. The van der Waals surface area contributed by atoms with Crippen molar-refractivity contribution in [1.82, 2.24) is 0 Å². The van der Waals surface area contributed by atoms with E-state index >= 15 is 0 Å². The maximum absolute atomic E-state index is 12.9. The second-order valence-electron chi connectivity index (χ2n) is 5.39. The van der Waals surface area contributed by atoms with Gasteiger partial charge in [-0.05, 0) is 41.0 Å². The Labute approximate surface area is 148 Å². The summed E-state index contributed by atoms with van der Waals surface area (Å²) < 4.78 is 77.5. The van der Waals surface area contributed by atoms with Crippen LogP contribution in [0, 0.1) is 11.3 Å². The maximum atomic E-state index is 12.9. The van der Waals surface area contributed by atoms with Crippen molar-refractivity contribution in [2.24, 2.45) is 0 Å². The fourth-order valence-electron chi connectivity index (χ4n) is 2.20. The number of benzene rings is 2. The van der Waals surface area contributed by atoms with Crippen molar-refractivity contribution in [3.8, 4) is 17.2 Å². The number of rotatable bonds is 3. The molecule has 0 bridgehead atoms. The van der Waals surface area contributed by atoms with E-state index in [1.54, 1.807) is 0 Å². The summed E-state index contributed by atoms with van der Waals surface area (Å²) in [5.41, 5.74) is -3.42. The Hall–Kier alpha value is -3.28. The van der Waals surface area contributed by atoms with Crippen molar-refractivity contribution in [3.05, 3.63) is 64.7 Å². The number of carbonyl (C=O) groups is 1. The van der Waals surface area contributed by atoms with Crippen LogP contribution in [0.4, 0.5) is 26.3 Å². The van der Waals surface area contributed by atoms with E-state index in [2.05, 4.69) is 0 Å². The van der Waals surface area contributed by atoms with E-state index in [4.69, 9.17) is 10.4 Å². The van der Waals surface area contributed by atoms with Gasteiger partial charge in [0.2, 0.25) is 0 Å². The molecule has 0 saturated heterocycles. The number of carboxylic acid groups (broad SMARTS) is 1. The highest BCUT2D eigenvalue weighted by atomic mass is 19.4. The summed E-state index contributed by atoms with van der Waals surface area (Å²) in [7, 11) is 0. The van der Waals surface area contributed by atoms with Crippen molar-refractivity contribution < 1.29 is 36.2 Å². The van der Waals surface area contributed by atoms with Gasteiger partial charge < -0.3 is 5.11 Å². The first-order valence-electron chi connectivity index (χ1n) is 7.17. The molecule has 0 amide bonds. The molecule has 0 aromatic heterocycles. The monoisotopic (exact) mass is 385 g/mol. The molecule has 0 heterocycles. The molecule has 0 aliphatic carbocycles. The van der Waals surface area contributed by atoms with Crippen LogP contribution in [0.25, 0.3) is 17.2 Å². The van der Waals surface area contributed by atoms with E-state index in [0.29, 0.717) is 12.1 Å². The van der Waals surface area contributed by atoms with Crippen LogP contribution in [0.2, 0.25) is 0 Å². The molecule has 0 saturated carbocycles. The molecule has 2 aromatic carbocycles. The van der Waals surface area contributed by atoms with Gasteiger partial charge in [-0.25, -0.2) is 4.79 Å². The molecule has 3 nitrogen and oxygen atoms in total. The Bertz CT molecular complexity index is 902. The van der Waals surface area contributed by atoms with Gasteiger partial charge in [0.05, 0.1) is 11.1 Å². The molecule has 0 unspecified atom stereocenters. The summed E-state index contributed by atoms with van der Waals surface area (Å²) in [6.07, 6.45) is -8.89. The highest BCUT2D eigenvalue weighted by molar-refractivity contribution is 5.96. The lowest BCUT2D eigenvalue weighted by Gasteiger charge is -2.14. The van der Waals surface area contributed by atoms with Gasteiger partial charge >= 0.3 is 18.3 Å². The molecule has 2 rings (SSSR count). The quantitative estimate of drug-likeness (QED) is 0.438. The third-order valence-electron chi connectivity index (χ3n) is 3.49. The maximum Gasteiger partial charge on any atom is 0.416 e. The fourth-order valence-corrected chi connectivity index (χ4v) is 2.20. The minimum Gasteiger partial charge on any atom is -0.477 e. The molecule has 140 valence electrons. The summed E-state index contributed by atoms with van der Waals surface area (Å²) in [6, 6.07) is 7.71. The molecular formula is C18H9F6NO2. The minimum absolute atomic E-state index is 0.0344. The lowest BCUT2D eigenvalue weighted by atomic mass is 9.98. The van der Waals surface area contributed by atoms with Gasteiger partial charge in [-0.1, -0.05) is 24.3 Å². The first-order chi connectivity index (χ1) is 12.4. The number of nitrogens with zero attached hydrogens (tertiary/aromatic N) is 1. The van der Waals surface area contributed by atoms with E-state index in [9.17, 15) is 31.1 Å². The predicted molar refractivity (Wildman–Crippen MR) is 83.1 cm³/mol. The van der Waals surface area contributed by atoms with Gasteiger partial charge in [-0.15, -0.1) is 0 Å². The minimum atomic E-state index is -4.96. The molecule has 0 aliphatic heterocycles. The van der Waals surface area contributed by atoms with E-state index in [1.165, 1.54) is 30.3 Å². The summed E-state index contributed by atoms with van der Waals surface area (Å²) in [6.45, 7) is 0. The molecule has 0 atom stereocenters. The number of halogens is 6. The van der Waals surface area contributed by atoms with E-state index in [1.807, 2.05) is 0 Å². The molecular weight excluding hydrogens is 376 g/mol. The predicted octanol–water partition coefficient (Wildman–Crippen LogP) is 5.38. The van der Waals surface area contributed by atoms with Crippen molar-refractivity contribution in [3.63, 3.8) is 0 Å². The third-order valence-corrected chi connectivity index (χ3v) is 3.49. The Morgan fingerprint density at radius 2 is 1.37 bits per heavy atom. The standard InChI is InChI=1S/C18H9F6NO2/c19-17(20,21)14-6-12(7-15(8-14)18(22,23)24)11-3-1-10(2-4-11)5-13(9-25)16(26)27/h1-8H,(H,26,27)/b13-5+. The van der Waals surface area contributed by atoms with Gasteiger partial charge in [-0.2, -0.15) is 31.6 Å². The Morgan fingerprint density at radius 1 is 0.889 bits per heavy atom. The number of hydrogen-bond acceptors (Lipinski definition) is 2. The highest BCUT2D eigenvalue weighted by Gasteiger charge is 2.36. The molecule has 0 spiro atoms. The number of carboxylic acids is 1. The van der Waals surface area contributed by atoms with Crippen LogP contribution in [0.1, 0.15) is 16.7 Å². The van der Waals surface area contributed by atoms with Gasteiger partial charge in [0.1, 0.15) is 11.6 Å².